The van der Waals surface area contributed by atoms with E-state index in [4.69, 9.17) is 18.9 Å². The minimum atomic E-state index is 0.116. The van der Waals surface area contributed by atoms with E-state index in [0.717, 1.165) is 47.2 Å². The predicted octanol–water partition coefficient (Wildman–Crippen LogP) is 2.84. The Balaban J connectivity index is 2.09. The second-order valence-corrected chi connectivity index (χ2v) is 6.51. The predicted molar refractivity (Wildman–Crippen MR) is 97.9 cm³/mol. The molecule has 2 N–H and O–H groups in total. The lowest BCUT2D eigenvalue weighted by atomic mass is 9.76. The molecule has 0 fully saturated rings. The van der Waals surface area contributed by atoms with Crippen LogP contribution in [-0.2, 0) is 12.8 Å². The van der Waals surface area contributed by atoms with E-state index in [-0.39, 0.29) is 11.8 Å². The van der Waals surface area contributed by atoms with Crippen LogP contribution in [0.5, 0.6) is 28.7 Å². The molecule has 4 rings (SSSR count). The normalized spacial score (nSPS) is 17.2. The van der Waals surface area contributed by atoms with E-state index in [1.165, 1.54) is 0 Å². The van der Waals surface area contributed by atoms with E-state index in [2.05, 4.69) is 5.32 Å². The molecule has 1 unspecified atom stereocenters. The van der Waals surface area contributed by atoms with Gasteiger partial charge < -0.3 is 29.4 Å². The maximum atomic E-state index is 10.8. The molecule has 2 aromatic carbocycles. The Hall–Kier alpha value is -2.60. The Morgan fingerprint density at radius 2 is 1.65 bits per heavy atom. The van der Waals surface area contributed by atoms with Crippen LogP contribution in [0.1, 0.15) is 22.7 Å². The molecule has 1 heterocycles. The van der Waals surface area contributed by atoms with Gasteiger partial charge in [-0.25, -0.2) is 0 Å². The van der Waals surface area contributed by atoms with E-state index in [0.29, 0.717) is 23.0 Å². The average Bonchev–Trinajstić information content (AvgIpc) is 2.68. The van der Waals surface area contributed by atoms with Gasteiger partial charge in [-0.2, -0.15) is 0 Å². The quantitative estimate of drug-likeness (QED) is 0.877. The summed E-state index contributed by atoms with van der Waals surface area (Å²) in [6.07, 6.45) is 1.55. The van der Waals surface area contributed by atoms with Gasteiger partial charge in [0.25, 0.3) is 0 Å². The summed E-state index contributed by atoms with van der Waals surface area (Å²) in [5.41, 5.74) is 5.14. The van der Waals surface area contributed by atoms with Gasteiger partial charge in [0.15, 0.2) is 23.0 Å². The zero-order valence-corrected chi connectivity index (χ0v) is 15.4. The number of hydrogen-bond donors (Lipinski definition) is 2. The Morgan fingerprint density at radius 1 is 0.962 bits per heavy atom. The lowest BCUT2D eigenvalue weighted by molar-refractivity contribution is 0.327. The molecule has 0 aromatic heterocycles. The first-order valence-corrected chi connectivity index (χ1v) is 8.62. The van der Waals surface area contributed by atoms with E-state index < -0.39 is 0 Å². The van der Waals surface area contributed by atoms with Crippen LogP contribution >= 0.6 is 0 Å². The van der Waals surface area contributed by atoms with Crippen LogP contribution in [0.15, 0.2) is 12.1 Å². The molecule has 0 saturated heterocycles. The Morgan fingerprint density at radius 3 is 2.31 bits per heavy atom. The minimum Gasteiger partial charge on any atom is -0.504 e. The summed E-state index contributed by atoms with van der Waals surface area (Å²) < 4.78 is 22.2. The van der Waals surface area contributed by atoms with Crippen molar-refractivity contribution >= 4 is 0 Å². The summed E-state index contributed by atoms with van der Waals surface area (Å²) in [7, 11) is 6.41. The molecule has 26 heavy (non-hydrogen) atoms. The first-order valence-electron chi connectivity index (χ1n) is 8.62. The number of hydrogen-bond acceptors (Lipinski definition) is 6. The molecular weight excluding hydrogens is 334 g/mol. The van der Waals surface area contributed by atoms with Crippen molar-refractivity contribution < 1.29 is 24.1 Å². The van der Waals surface area contributed by atoms with Crippen molar-refractivity contribution in [3.8, 4) is 39.9 Å². The third-order valence-electron chi connectivity index (χ3n) is 5.35. The second kappa shape index (κ2) is 6.29. The Labute approximate surface area is 152 Å². The lowest BCUT2D eigenvalue weighted by Crippen LogP contribution is -2.34. The van der Waals surface area contributed by atoms with Gasteiger partial charge in [-0.15, -0.1) is 0 Å². The second-order valence-electron chi connectivity index (χ2n) is 6.51. The Bertz CT molecular complexity index is 877. The number of nitrogens with one attached hydrogen (secondary N) is 1. The zero-order chi connectivity index (χ0) is 18.4. The number of ether oxygens (including phenoxy) is 4. The summed E-state index contributed by atoms with van der Waals surface area (Å²) in [5, 5.41) is 14.3. The molecule has 6 heteroatoms. The molecule has 2 aliphatic rings. The molecule has 1 aliphatic heterocycles. The van der Waals surface area contributed by atoms with Gasteiger partial charge in [-0.1, -0.05) is 0 Å². The lowest BCUT2D eigenvalue weighted by Gasteiger charge is -2.36. The van der Waals surface area contributed by atoms with Crippen LogP contribution < -0.4 is 24.3 Å². The monoisotopic (exact) mass is 357 g/mol. The van der Waals surface area contributed by atoms with Gasteiger partial charge >= 0.3 is 0 Å². The van der Waals surface area contributed by atoms with Gasteiger partial charge in [0, 0.05) is 17.2 Å². The van der Waals surface area contributed by atoms with Gasteiger partial charge in [0.05, 0.1) is 28.4 Å². The molecule has 0 spiro atoms. The molecule has 1 aliphatic carbocycles. The van der Waals surface area contributed by atoms with Crippen LogP contribution in [0.25, 0.3) is 11.1 Å². The van der Waals surface area contributed by atoms with Gasteiger partial charge in [0.1, 0.15) is 0 Å². The van der Waals surface area contributed by atoms with Crippen LogP contribution in [0.3, 0.4) is 0 Å². The zero-order valence-electron chi connectivity index (χ0n) is 15.4. The molecule has 2 aromatic rings. The highest BCUT2D eigenvalue weighted by Gasteiger charge is 2.37. The smallest absolute Gasteiger partial charge is 0.204 e. The molecule has 1 atom stereocenters. The largest absolute Gasteiger partial charge is 0.504 e. The van der Waals surface area contributed by atoms with Crippen molar-refractivity contribution in [2.75, 3.05) is 35.0 Å². The molecular formula is C20H23NO5. The van der Waals surface area contributed by atoms with Crippen LogP contribution in [0.2, 0.25) is 0 Å². The van der Waals surface area contributed by atoms with Gasteiger partial charge in [0.2, 0.25) is 5.75 Å². The van der Waals surface area contributed by atoms with E-state index in [1.54, 1.807) is 28.4 Å². The highest BCUT2D eigenvalue weighted by atomic mass is 16.5. The first kappa shape index (κ1) is 16.8. The number of benzene rings is 2. The maximum absolute atomic E-state index is 10.8. The molecule has 0 bridgehead atoms. The topological polar surface area (TPSA) is 69.2 Å². The standard InChI is InChI=1S/C20H23NO5/c1-23-14-8-10-7-13-16-11(5-6-21-13)18(22)20(26-4)19(25-3)17(16)12(10)9-15(14)24-2/h8-9,13,21-22H,5-7H2,1-4H3. The fourth-order valence-electron chi connectivity index (χ4n) is 4.24. The van der Waals surface area contributed by atoms with Crippen molar-refractivity contribution in [2.24, 2.45) is 0 Å². The summed E-state index contributed by atoms with van der Waals surface area (Å²) >= 11 is 0. The number of aromatic hydroxyl groups is 1. The fraction of sp³-hybridized carbons (Fsp3) is 0.400. The molecule has 0 saturated carbocycles. The van der Waals surface area contributed by atoms with Crippen molar-refractivity contribution in [2.45, 2.75) is 18.9 Å². The fourth-order valence-corrected chi connectivity index (χ4v) is 4.24. The van der Waals surface area contributed by atoms with Crippen molar-refractivity contribution in [3.05, 3.63) is 28.8 Å². The van der Waals surface area contributed by atoms with Crippen LogP contribution in [-0.4, -0.2) is 40.1 Å². The average molecular weight is 357 g/mol. The van der Waals surface area contributed by atoms with Crippen LogP contribution in [0, 0.1) is 0 Å². The van der Waals surface area contributed by atoms with Crippen molar-refractivity contribution in [1.29, 1.82) is 0 Å². The van der Waals surface area contributed by atoms with Gasteiger partial charge in [-0.05, 0) is 48.2 Å². The summed E-state index contributed by atoms with van der Waals surface area (Å²) in [4.78, 5) is 0. The number of rotatable bonds is 4. The first-order chi connectivity index (χ1) is 12.6. The van der Waals surface area contributed by atoms with E-state index >= 15 is 0 Å². The summed E-state index contributed by atoms with van der Waals surface area (Å²) in [6.45, 7) is 0.808. The minimum absolute atomic E-state index is 0.116. The summed E-state index contributed by atoms with van der Waals surface area (Å²) in [6, 6.07) is 4.12. The number of fused-ring (bicyclic) bond motifs is 2. The SMILES string of the molecule is COc1cc2c(cc1OC)-c1c(OC)c(OC)c(O)c3c1C(C2)NCC3. The highest BCUT2D eigenvalue weighted by Crippen LogP contribution is 2.56. The highest BCUT2D eigenvalue weighted by molar-refractivity contribution is 5.87. The molecule has 0 amide bonds. The maximum Gasteiger partial charge on any atom is 0.204 e. The van der Waals surface area contributed by atoms with Crippen LogP contribution in [0.4, 0.5) is 0 Å². The van der Waals surface area contributed by atoms with E-state index in [1.807, 2.05) is 12.1 Å². The van der Waals surface area contributed by atoms with Gasteiger partial charge in [-0.3, -0.25) is 0 Å². The van der Waals surface area contributed by atoms with Crippen molar-refractivity contribution in [1.82, 2.24) is 5.32 Å². The Kier molecular flexibility index (Phi) is 4.07. The third-order valence-corrected chi connectivity index (χ3v) is 5.35. The molecule has 6 nitrogen and oxygen atoms in total. The number of phenolic OH excluding ortho intramolecular Hbond substituents is 1. The number of methoxy groups -OCH3 is 4. The summed E-state index contributed by atoms with van der Waals surface area (Å²) in [5.74, 6) is 2.47. The third kappa shape index (κ3) is 2.22. The number of phenols is 1. The van der Waals surface area contributed by atoms with E-state index in [9.17, 15) is 5.11 Å². The van der Waals surface area contributed by atoms with Crippen molar-refractivity contribution in [3.63, 3.8) is 0 Å². The molecule has 0 radical (unpaired) electrons. The molecule has 138 valence electrons.